The van der Waals surface area contributed by atoms with E-state index in [0.717, 1.165) is 17.3 Å². The maximum Gasteiger partial charge on any atom is 0.288 e. The Morgan fingerprint density at radius 3 is 2.71 bits per heavy atom. The highest BCUT2D eigenvalue weighted by atomic mass is 35.5. The number of carbonyl (C=O) groups excluding carboxylic acids is 1. The van der Waals surface area contributed by atoms with Gasteiger partial charge < -0.3 is 0 Å². The van der Waals surface area contributed by atoms with Crippen LogP contribution in [0.3, 0.4) is 0 Å². The average molecular weight is 508 g/mol. The number of amides is 1. The summed E-state index contributed by atoms with van der Waals surface area (Å²) in [5, 5.41) is 15.7. The topological polar surface area (TPSA) is 119 Å². The molecule has 4 aromatic rings. The van der Waals surface area contributed by atoms with Crippen LogP contribution in [0.5, 0.6) is 0 Å². The third-order valence-corrected chi connectivity index (χ3v) is 6.26. The molecule has 1 heterocycles. The molecule has 0 aliphatic rings. The first-order chi connectivity index (χ1) is 16.8. The van der Waals surface area contributed by atoms with Crippen LogP contribution in [0.15, 0.2) is 81.8 Å². The fraction of sp³-hybridized carbons (Fsp3) is 0.0833. The fourth-order valence-corrected chi connectivity index (χ4v) is 4.31. The highest BCUT2D eigenvalue weighted by molar-refractivity contribution is 7.99. The first kappa shape index (κ1) is 24.1. The summed E-state index contributed by atoms with van der Waals surface area (Å²) in [4.78, 5) is 40.7. The SMILES string of the molecule is Cc1ccccc1-n1c(SCC(=O)NN=Cc2ccc(Cl)c([N+](=O)[O-])c2)nc2ccccc2c1=O. The number of nitro benzene ring substituents is 1. The molecule has 1 N–H and O–H groups in total. The number of aryl methyl sites for hydroxylation is 1. The fourth-order valence-electron chi connectivity index (χ4n) is 3.33. The van der Waals surface area contributed by atoms with Crippen molar-refractivity contribution in [2.45, 2.75) is 12.1 Å². The molecule has 4 rings (SSSR count). The Morgan fingerprint density at radius 2 is 1.94 bits per heavy atom. The third kappa shape index (κ3) is 5.39. The van der Waals surface area contributed by atoms with Crippen LogP contribution in [-0.2, 0) is 4.79 Å². The summed E-state index contributed by atoms with van der Waals surface area (Å²) in [7, 11) is 0. The summed E-state index contributed by atoms with van der Waals surface area (Å²) in [6, 6.07) is 18.7. The van der Waals surface area contributed by atoms with Crippen LogP contribution in [-0.4, -0.2) is 32.3 Å². The number of para-hydroxylation sites is 2. The Balaban J connectivity index is 1.55. The maximum absolute atomic E-state index is 13.3. The second-order valence-corrected chi connectivity index (χ2v) is 8.74. The largest absolute Gasteiger partial charge is 0.288 e. The lowest BCUT2D eigenvalue weighted by molar-refractivity contribution is -0.384. The number of thioether (sulfide) groups is 1. The summed E-state index contributed by atoms with van der Waals surface area (Å²) in [5.41, 5.74) is 4.40. The van der Waals surface area contributed by atoms with Crippen LogP contribution in [0.2, 0.25) is 5.02 Å². The van der Waals surface area contributed by atoms with Crippen LogP contribution in [0.1, 0.15) is 11.1 Å². The molecule has 0 atom stereocenters. The van der Waals surface area contributed by atoms with Crippen molar-refractivity contribution in [2.75, 3.05) is 5.75 Å². The summed E-state index contributed by atoms with van der Waals surface area (Å²) >= 11 is 6.90. The van der Waals surface area contributed by atoms with E-state index in [0.29, 0.717) is 27.3 Å². The molecule has 0 fully saturated rings. The van der Waals surface area contributed by atoms with Gasteiger partial charge in [0.2, 0.25) is 0 Å². The van der Waals surface area contributed by atoms with Gasteiger partial charge in [-0.1, -0.05) is 59.8 Å². The number of nitrogens with one attached hydrogen (secondary N) is 1. The minimum Gasteiger partial charge on any atom is -0.272 e. The second kappa shape index (κ2) is 10.5. The van der Waals surface area contributed by atoms with Crippen molar-refractivity contribution < 1.29 is 9.72 Å². The minimum absolute atomic E-state index is 0.00942. The molecule has 0 unspecified atom stereocenters. The molecule has 0 bridgehead atoms. The highest BCUT2D eigenvalue weighted by Crippen LogP contribution is 2.25. The van der Waals surface area contributed by atoms with Crippen molar-refractivity contribution in [3.05, 3.63) is 103 Å². The molecule has 9 nitrogen and oxygen atoms in total. The Labute approximate surface area is 208 Å². The molecule has 176 valence electrons. The van der Waals surface area contributed by atoms with E-state index in [1.807, 2.05) is 31.2 Å². The van der Waals surface area contributed by atoms with Crippen LogP contribution >= 0.6 is 23.4 Å². The number of benzene rings is 3. The van der Waals surface area contributed by atoms with Gasteiger partial charge in [0.25, 0.3) is 17.2 Å². The van der Waals surface area contributed by atoms with E-state index in [-0.39, 0.29) is 22.0 Å². The highest BCUT2D eigenvalue weighted by Gasteiger charge is 2.16. The molecule has 0 aliphatic carbocycles. The Morgan fingerprint density at radius 1 is 1.20 bits per heavy atom. The third-order valence-electron chi connectivity index (χ3n) is 5.00. The summed E-state index contributed by atoms with van der Waals surface area (Å²) in [6.07, 6.45) is 1.28. The minimum atomic E-state index is -0.598. The average Bonchev–Trinajstić information content (AvgIpc) is 2.84. The van der Waals surface area contributed by atoms with Crippen LogP contribution < -0.4 is 11.0 Å². The number of halogens is 1. The molecular formula is C24H18ClN5O4S. The normalized spacial score (nSPS) is 11.1. The van der Waals surface area contributed by atoms with E-state index in [1.165, 1.54) is 22.9 Å². The van der Waals surface area contributed by atoms with Gasteiger partial charge in [-0.15, -0.1) is 0 Å². The van der Waals surface area contributed by atoms with Crippen molar-refractivity contribution in [2.24, 2.45) is 5.10 Å². The zero-order valence-electron chi connectivity index (χ0n) is 18.3. The predicted molar refractivity (Wildman–Crippen MR) is 137 cm³/mol. The standard InChI is InChI=1S/C24H18ClN5O4S/c1-15-6-2-5-9-20(15)29-23(32)17-7-3-4-8-19(17)27-24(29)35-14-22(31)28-26-13-16-10-11-18(25)21(12-16)30(33)34/h2-13H,14H2,1H3,(H,28,31). The van der Waals surface area contributed by atoms with Crippen molar-refractivity contribution in [3.63, 3.8) is 0 Å². The molecule has 0 saturated heterocycles. The van der Waals surface area contributed by atoms with Gasteiger partial charge in [-0.25, -0.2) is 10.4 Å². The predicted octanol–water partition coefficient (Wildman–Crippen LogP) is 4.50. The number of hydrazone groups is 1. The van der Waals surface area contributed by atoms with Crippen molar-refractivity contribution in [3.8, 4) is 5.69 Å². The van der Waals surface area contributed by atoms with E-state index in [4.69, 9.17) is 11.6 Å². The number of aromatic nitrogens is 2. The zero-order chi connectivity index (χ0) is 24.9. The van der Waals surface area contributed by atoms with Gasteiger partial charge in [0, 0.05) is 11.6 Å². The summed E-state index contributed by atoms with van der Waals surface area (Å²) in [5.74, 6) is -0.497. The summed E-state index contributed by atoms with van der Waals surface area (Å²) < 4.78 is 1.51. The summed E-state index contributed by atoms with van der Waals surface area (Å²) in [6.45, 7) is 1.90. The number of rotatable bonds is 7. The zero-order valence-corrected chi connectivity index (χ0v) is 19.9. The van der Waals surface area contributed by atoms with Gasteiger partial charge in [-0.05, 0) is 36.8 Å². The maximum atomic E-state index is 13.3. The van der Waals surface area contributed by atoms with Gasteiger partial charge in [0.1, 0.15) is 5.02 Å². The number of nitrogens with zero attached hydrogens (tertiary/aromatic N) is 4. The van der Waals surface area contributed by atoms with E-state index in [1.54, 1.807) is 30.3 Å². The van der Waals surface area contributed by atoms with E-state index >= 15 is 0 Å². The van der Waals surface area contributed by atoms with Crippen LogP contribution in [0.4, 0.5) is 5.69 Å². The number of nitro groups is 1. The first-order valence-electron chi connectivity index (χ1n) is 10.3. The van der Waals surface area contributed by atoms with Gasteiger partial charge in [-0.3, -0.25) is 24.3 Å². The van der Waals surface area contributed by atoms with E-state index < -0.39 is 10.8 Å². The van der Waals surface area contributed by atoms with Crippen LogP contribution in [0.25, 0.3) is 16.6 Å². The number of hydrogen-bond acceptors (Lipinski definition) is 7. The smallest absolute Gasteiger partial charge is 0.272 e. The molecule has 11 heteroatoms. The van der Waals surface area contributed by atoms with Crippen molar-refractivity contribution in [1.29, 1.82) is 0 Å². The van der Waals surface area contributed by atoms with Gasteiger partial charge >= 0.3 is 0 Å². The molecule has 3 aromatic carbocycles. The molecule has 1 amide bonds. The first-order valence-corrected chi connectivity index (χ1v) is 11.7. The Hall–Kier alpha value is -4.02. The molecule has 0 radical (unpaired) electrons. The van der Waals surface area contributed by atoms with Crippen LogP contribution in [0, 0.1) is 17.0 Å². The lowest BCUT2D eigenvalue weighted by Crippen LogP contribution is -2.24. The number of fused-ring (bicyclic) bond motifs is 1. The molecule has 0 spiro atoms. The van der Waals surface area contributed by atoms with Crippen molar-refractivity contribution in [1.82, 2.24) is 15.0 Å². The Kier molecular flexibility index (Phi) is 7.23. The molecular weight excluding hydrogens is 490 g/mol. The lowest BCUT2D eigenvalue weighted by Gasteiger charge is -2.14. The number of hydrogen-bond donors (Lipinski definition) is 1. The monoisotopic (exact) mass is 507 g/mol. The molecule has 35 heavy (non-hydrogen) atoms. The molecule has 0 aliphatic heterocycles. The second-order valence-electron chi connectivity index (χ2n) is 7.39. The van der Waals surface area contributed by atoms with Gasteiger partial charge in [0.05, 0.1) is 33.5 Å². The van der Waals surface area contributed by atoms with Crippen molar-refractivity contribution >= 4 is 52.1 Å². The molecule has 1 aromatic heterocycles. The molecule has 0 saturated carbocycles. The quantitative estimate of drug-likeness (QED) is 0.129. The number of carbonyl (C=O) groups is 1. The van der Waals surface area contributed by atoms with E-state index in [9.17, 15) is 19.7 Å². The van der Waals surface area contributed by atoms with Gasteiger partial charge in [-0.2, -0.15) is 5.10 Å². The van der Waals surface area contributed by atoms with E-state index in [2.05, 4.69) is 15.5 Å². The van der Waals surface area contributed by atoms with Gasteiger partial charge in [0.15, 0.2) is 5.16 Å². The Bertz CT molecular complexity index is 1540. The lowest BCUT2D eigenvalue weighted by atomic mass is 10.2.